The molecule has 7 nitrogen and oxygen atoms in total. The lowest BCUT2D eigenvalue weighted by Gasteiger charge is -2.22. The molecule has 2 amide bonds. The van der Waals surface area contributed by atoms with Crippen molar-refractivity contribution in [2.24, 2.45) is 4.99 Å². The molecule has 1 aromatic carbocycles. The monoisotopic (exact) mass is 447 g/mol. The number of alkyl halides is 3. The summed E-state index contributed by atoms with van der Waals surface area (Å²) in [5.41, 5.74) is 0. The molecule has 0 radical (unpaired) electrons. The molecular formula is C19H24F3N3O4S. The van der Waals surface area contributed by atoms with Crippen LogP contribution < -0.4 is 10.6 Å². The number of thiol groups is 1. The highest BCUT2D eigenvalue weighted by atomic mass is 32.2. The molecule has 166 valence electrons. The van der Waals surface area contributed by atoms with Gasteiger partial charge in [-0.25, -0.2) is 4.99 Å². The van der Waals surface area contributed by atoms with Crippen LogP contribution in [0.15, 0.2) is 51.8 Å². The van der Waals surface area contributed by atoms with Crippen LogP contribution in [0.5, 0.6) is 0 Å². The third-order valence-corrected chi connectivity index (χ3v) is 6.22. The van der Waals surface area contributed by atoms with Gasteiger partial charge in [-0.15, -0.1) is 10.9 Å². The number of carbonyl (C=O) groups is 2. The number of rotatable bonds is 9. The lowest BCUT2D eigenvalue weighted by Crippen LogP contribution is -2.57. The topological polar surface area (TPSA) is 111 Å². The van der Waals surface area contributed by atoms with Gasteiger partial charge >= 0.3 is 12.0 Å². The molecule has 1 heterocycles. The van der Waals surface area contributed by atoms with Crippen molar-refractivity contribution in [2.75, 3.05) is 6.54 Å². The largest absolute Gasteiger partial charge is 0.453 e. The zero-order valence-electron chi connectivity index (χ0n) is 16.0. The molecule has 0 aliphatic carbocycles. The van der Waals surface area contributed by atoms with E-state index in [2.05, 4.69) is 10.3 Å². The van der Waals surface area contributed by atoms with E-state index in [1.54, 1.807) is 6.20 Å². The fraction of sp³-hybridized carbons (Fsp3) is 0.421. The first kappa shape index (κ1) is 23.9. The van der Waals surface area contributed by atoms with Gasteiger partial charge in [-0.2, -0.15) is 13.2 Å². The van der Waals surface area contributed by atoms with Crippen molar-refractivity contribution in [2.45, 2.75) is 49.0 Å². The van der Waals surface area contributed by atoms with Crippen LogP contribution in [0, 0.1) is 0 Å². The minimum atomic E-state index is -5.47. The lowest BCUT2D eigenvalue weighted by molar-refractivity contribution is -0.328. The molecule has 11 heteroatoms. The van der Waals surface area contributed by atoms with Gasteiger partial charge in [-0.1, -0.05) is 31.0 Å². The Bertz CT molecular complexity index is 798. The van der Waals surface area contributed by atoms with Crippen LogP contribution in [0.25, 0.3) is 0 Å². The molecule has 1 aliphatic rings. The average Bonchev–Trinajstić information content (AvgIpc) is 3.14. The Labute approximate surface area is 174 Å². The van der Waals surface area contributed by atoms with Crippen LogP contribution in [0.4, 0.5) is 13.2 Å². The van der Waals surface area contributed by atoms with Crippen LogP contribution >= 0.6 is 10.9 Å². The Balaban J connectivity index is 1.60. The second-order valence-electron chi connectivity index (χ2n) is 6.59. The molecule has 30 heavy (non-hydrogen) atoms. The van der Waals surface area contributed by atoms with Gasteiger partial charge in [-0.05, 0) is 35.3 Å². The Morgan fingerprint density at radius 3 is 2.37 bits per heavy atom. The molecule has 0 bridgehead atoms. The van der Waals surface area contributed by atoms with E-state index in [0.29, 0.717) is 30.9 Å². The molecular weight excluding hydrogens is 423 g/mol. The quantitative estimate of drug-likeness (QED) is 0.227. The minimum absolute atomic E-state index is 0.131. The van der Waals surface area contributed by atoms with Gasteiger partial charge < -0.3 is 20.8 Å². The third-order valence-electron chi connectivity index (χ3n) is 4.25. The van der Waals surface area contributed by atoms with Gasteiger partial charge in [0.15, 0.2) is 5.17 Å². The van der Waals surface area contributed by atoms with E-state index in [4.69, 9.17) is 10.2 Å². The standard InChI is InChI=1S/C19H24F3N3O4S/c20-19(21,22)18(28,29)16(27)23-11-7-2-1-6-10-15(26)25-17-24-12-13-30(17)14-8-4-3-5-9-14/h3-5,8-9,12-13,28-30H,1-2,6-7,10-11H2,(H,23,27)(H,24,25,26). The van der Waals surface area contributed by atoms with Gasteiger partial charge in [0.05, 0.1) is 0 Å². The van der Waals surface area contributed by atoms with Gasteiger partial charge in [-0.3, -0.25) is 9.59 Å². The van der Waals surface area contributed by atoms with E-state index in [0.717, 1.165) is 4.90 Å². The molecule has 1 atom stereocenters. The van der Waals surface area contributed by atoms with Gasteiger partial charge in [0.1, 0.15) is 0 Å². The van der Waals surface area contributed by atoms with Crippen LogP contribution in [0.1, 0.15) is 32.1 Å². The fourth-order valence-corrected chi connectivity index (χ4v) is 4.29. The van der Waals surface area contributed by atoms with Crippen molar-refractivity contribution >= 4 is 27.9 Å². The predicted molar refractivity (Wildman–Crippen MR) is 108 cm³/mol. The highest BCUT2D eigenvalue weighted by Gasteiger charge is 2.58. The highest BCUT2D eigenvalue weighted by molar-refractivity contribution is 8.32. The summed E-state index contributed by atoms with van der Waals surface area (Å²) in [5.74, 6) is -6.47. The molecule has 1 aliphatic heterocycles. The fourth-order valence-electron chi connectivity index (χ4n) is 2.60. The number of hydrogen-bond acceptors (Lipinski definition) is 5. The number of amides is 2. The molecule has 1 unspecified atom stereocenters. The van der Waals surface area contributed by atoms with Gasteiger partial charge in [0, 0.05) is 19.2 Å². The average molecular weight is 447 g/mol. The first-order chi connectivity index (χ1) is 14.1. The summed E-state index contributed by atoms with van der Waals surface area (Å²) in [6, 6.07) is 9.73. The Hall–Kier alpha value is -2.37. The second-order valence-corrected chi connectivity index (χ2v) is 8.57. The summed E-state index contributed by atoms with van der Waals surface area (Å²) in [4.78, 5) is 28.6. The van der Waals surface area contributed by atoms with E-state index in [1.165, 1.54) is 0 Å². The number of carbonyl (C=O) groups excluding carboxylic acids is 2. The summed E-state index contributed by atoms with van der Waals surface area (Å²) >= 11 is 0. The molecule has 0 saturated carbocycles. The van der Waals surface area contributed by atoms with E-state index in [9.17, 15) is 22.8 Å². The highest BCUT2D eigenvalue weighted by Crippen LogP contribution is 2.41. The van der Waals surface area contributed by atoms with E-state index in [-0.39, 0.29) is 18.9 Å². The van der Waals surface area contributed by atoms with Gasteiger partial charge in [0.2, 0.25) is 5.91 Å². The number of halogens is 3. The molecule has 4 N–H and O–H groups in total. The third kappa shape index (κ3) is 6.57. The lowest BCUT2D eigenvalue weighted by atomic mass is 10.1. The molecule has 0 fully saturated rings. The Morgan fingerprint density at radius 2 is 1.70 bits per heavy atom. The van der Waals surface area contributed by atoms with Crippen LogP contribution in [0.3, 0.4) is 0 Å². The number of amidine groups is 1. The zero-order chi connectivity index (χ0) is 22.2. The summed E-state index contributed by atoms with van der Waals surface area (Å²) in [7, 11) is -0.811. The zero-order valence-corrected chi connectivity index (χ0v) is 16.9. The maximum absolute atomic E-state index is 12.3. The van der Waals surface area contributed by atoms with Crippen LogP contribution in [-0.2, 0) is 9.59 Å². The smallest absolute Gasteiger partial charge is 0.351 e. The Morgan fingerprint density at radius 1 is 1.03 bits per heavy atom. The van der Waals surface area contributed by atoms with Crippen LogP contribution in [-0.4, -0.2) is 45.7 Å². The maximum atomic E-state index is 12.3. The van der Waals surface area contributed by atoms with Crippen molar-refractivity contribution in [1.82, 2.24) is 10.6 Å². The van der Waals surface area contributed by atoms with Crippen molar-refractivity contribution in [3.05, 3.63) is 41.9 Å². The number of aliphatic hydroxyl groups is 2. The van der Waals surface area contributed by atoms with E-state index >= 15 is 0 Å². The molecule has 2 rings (SSSR count). The van der Waals surface area contributed by atoms with E-state index in [1.807, 2.05) is 41.1 Å². The first-order valence-electron chi connectivity index (χ1n) is 9.31. The Kier molecular flexibility index (Phi) is 8.44. The van der Waals surface area contributed by atoms with Crippen molar-refractivity contribution in [1.29, 1.82) is 0 Å². The van der Waals surface area contributed by atoms with Crippen molar-refractivity contribution in [3.8, 4) is 0 Å². The van der Waals surface area contributed by atoms with Crippen molar-refractivity contribution in [3.63, 3.8) is 0 Å². The number of nitrogens with zero attached hydrogens (tertiary/aromatic N) is 1. The summed E-state index contributed by atoms with van der Waals surface area (Å²) in [5, 5.41) is 24.8. The van der Waals surface area contributed by atoms with Crippen LogP contribution in [0.2, 0.25) is 0 Å². The molecule has 0 aromatic heterocycles. The summed E-state index contributed by atoms with van der Waals surface area (Å²) in [6.07, 6.45) is -1.42. The van der Waals surface area contributed by atoms with E-state index < -0.39 is 28.8 Å². The molecule has 1 aromatic rings. The first-order valence-corrected chi connectivity index (χ1v) is 10.7. The number of unbranched alkanes of at least 4 members (excludes halogenated alkanes) is 3. The second kappa shape index (κ2) is 10.6. The number of benzene rings is 1. The predicted octanol–water partition coefficient (Wildman–Crippen LogP) is 2.31. The maximum Gasteiger partial charge on any atom is 0.453 e. The molecule has 0 spiro atoms. The number of aliphatic imine (C=N–C) groups is 1. The number of hydrogen-bond donors (Lipinski definition) is 5. The SMILES string of the molecule is O=C(CCCCCCNC(=O)C(O)(O)C(F)(F)F)NC1=NC=C[SH]1c1ccccc1. The summed E-state index contributed by atoms with van der Waals surface area (Å²) < 4.78 is 36.9. The molecule has 0 saturated heterocycles. The van der Waals surface area contributed by atoms with Crippen molar-refractivity contribution < 1.29 is 33.0 Å². The normalized spacial score (nSPS) is 17.5. The summed E-state index contributed by atoms with van der Waals surface area (Å²) in [6.45, 7) is -0.131. The van der Waals surface area contributed by atoms with Gasteiger partial charge in [0.25, 0.3) is 5.91 Å². The minimum Gasteiger partial charge on any atom is -0.351 e. The number of nitrogens with one attached hydrogen (secondary N) is 2.